The van der Waals surface area contributed by atoms with Crippen molar-refractivity contribution in [1.82, 2.24) is 20.2 Å². The fraction of sp³-hybridized carbons (Fsp3) is 0.333. The normalized spacial score (nSPS) is 15.0. The summed E-state index contributed by atoms with van der Waals surface area (Å²) in [4.78, 5) is 37.6. The Kier molecular flexibility index (Phi) is 5.99. The van der Waals surface area contributed by atoms with Crippen LogP contribution < -0.4 is 15.0 Å². The third-order valence-corrected chi connectivity index (χ3v) is 5.16. The van der Waals surface area contributed by atoms with Gasteiger partial charge in [-0.2, -0.15) is 0 Å². The largest absolute Gasteiger partial charge is 0.493 e. The third-order valence-electron chi connectivity index (χ3n) is 5.16. The van der Waals surface area contributed by atoms with E-state index in [1.807, 2.05) is 4.90 Å². The van der Waals surface area contributed by atoms with Gasteiger partial charge in [0.2, 0.25) is 11.9 Å². The van der Waals surface area contributed by atoms with Crippen LogP contribution in [0.5, 0.6) is 5.75 Å². The van der Waals surface area contributed by atoms with Gasteiger partial charge in [-0.25, -0.2) is 9.97 Å². The number of furan rings is 1. The lowest BCUT2D eigenvalue weighted by Gasteiger charge is -2.36. The van der Waals surface area contributed by atoms with Gasteiger partial charge in [-0.05, 0) is 18.2 Å². The van der Waals surface area contributed by atoms with Crippen LogP contribution in [0.15, 0.2) is 47.1 Å². The van der Waals surface area contributed by atoms with Gasteiger partial charge in [0, 0.05) is 44.0 Å². The highest BCUT2D eigenvalue weighted by Gasteiger charge is 2.30. The van der Waals surface area contributed by atoms with Crippen LogP contribution in [0.3, 0.4) is 0 Å². The van der Waals surface area contributed by atoms with Gasteiger partial charge < -0.3 is 29.4 Å². The van der Waals surface area contributed by atoms with Gasteiger partial charge in [0.05, 0.1) is 13.7 Å². The van der Waals surface area contributed by atoms with Crippen molar-refractivity contribution in [2.45, 2.75) is 6.04 Å². The van der Waals surface area contributed by atoms with Gasteiger partial charge in [0.1, 0.15) is 6.04 Å². The second-order valence-corrected chi connectivity index (χ2v) is 7.06. The lowest BCUT2D eigenvalue weighted by atomic mass is 10.2. The molecule has 1 saturated heterocycles. The molecule has 0 bridgehead atoms. The van der Waals surface area contributed by atoms with Gasteiger partial charge in [-0.15, -0.1) is 0 Å². The zero-order chi connectivity index (χ0) is 21.8. The zero-order valence-corrected chi connectivity index (χ0v) is 17.0. The van der Waals surface area contributed by atoms with E-state index in [1.165, 1.54) is 7.11 Å². The number of rotatable bonds is 6. The number of aromatic nitrogens is 2. The molecule has 0 aliphatic carbocycles. The number of nitrogens with one attached hydrogen (secondary N) is 1. The SMILES string of the molecule is COc1cccc2cc(C(=O)N[C@@H](CO)C(=O)N3CCN(c4ncccn4)CC3)oc12. The number of piperazine rings is 1. The predicted octanol–water partition coefficient (Wildman–Crippen LogP) is 0.671. The van der Waals surface area contributed by atoms with Crippen molar-refractivity contribution in [2.24, 2.45) is 0 Å². The summed E-state index contributed by atoms with van der Waals surface area (Å²) in [5.41, 5.74) is 0.446. The molecule has 2 amide bonds. The Morgan fingerprint density at radius 3 is 2.61 bits per heavy atom. The highest BCUT2D eigenvalue weighted by Crippen LogP contribution is 2.28. The van der Waals surface area contributed by atoms with E-state index in [1.54, 1.807) is 47.6 Å². The number of hydrogen-bond donors (Lipinski definition) is 2. The summed E-state index contributed by atoms with van der Waals surface area (Å²) in [6.45, 7) is 1.48. The summed E-state index contributed by atoms with van der Waals surface area (Å²) in [6, 6.07) is 7.57. The van der Waals surface area contributed by atoms with E-state index in [4.69, 9.17) is 9.15 Å². The summed E-state index contributed by atoms with van der Waals surface area (Å²) in [5.74, 6) is 0.227. The number of methoxy groups -OCH3 is 1. The molecule has 4 rings (SSSR count). The predicted molar refractivity (Wildman–Crippen MR) is 112 cm³/mol. The highest BCUT2D eigenvalue weighted by atomic mass is 16.5. The van der Waals surface area contributed by atoms with Crippen LogP contribution in [0.1, 0.15) is 10.6 Å². The molecule has 0 unspecified atom stereocenters. The monoisotopic (exact) mass is 425 g/mol. The Hall–Kier alpha value is -3.66. The van der Waals surface area contributed by atoms with E-state index in [0.717, 1.165) is 0 Å². The smallest absolute Gasteiger partial charge is 0.287 e. The number of hydrogen-bond acceptors (Lipinski definition) is 8. The number of amides is 2. The standard InChI is InChI=1S/C21H23N5O5/c1-30-16-5-2-4-14-12-17(31-18(14)16)19(28)24-15(13-27)20(29)25-8-10-26(11-9-25)21-22-6-3-7-23-21/h2-7,12,15,27H,8-11,13H2,1H3,(H,24,28)/t15-/m0/s1. The van der Waals surface area contributed by atoms with Crippen LogP contribution in [-0.2, 0) is 4.79 Å². The molecule has 1 atom stereocenters. The van der Waals surface area contributed by atoms with Crippen LogP contribution in [0.25, 0.3) is 11.0 Å². The van der Waals surface area contributed by atoms with E-state index in [9.17, 15) is 14.7 Å². The van der Waals surface area contributed by atoms with Crippen molar-refractivity contribution in [2.75, 3.05) is 44.8 Å². The molecular formula is C21H23N5O5. The van der Waals surface area contributed by atoms with Crippen LogP contribution in [0.4, 0.5) is 5.95 Å². The van der Waals surface area contributed by atoms with Crippen molar-refractivity contribution < 1.29 is 23.8 Å². The number of aliphatic hydroxyl groups is 1. The fourth-order valence-electron chi connectivity index (χ4n) is 3.53. The molecule has 31 heavy (non-hydrogen) atoms. The number of benzene rings is 1. The Morgan fingerprint density at radius 1 is 1.19 bits per heavy atom. The van der Waals surface area contributed by atoms with Crippen LogP contribution >= 0.6 is 0 Å². The van der Waals surface area contributed by atoms with E-state index >= 15 is 0 Å². The molecule has 0 radical (unpaired) electrons. The third kappa shape index (κ3) is 4.29. The maximum Gasteiger partial charge on any atom is 0.287 e. The molecular weight excluding hydrogens is 402 g/mol. The van der Waals surface area contributed by atoms with Gasteiger partial charge in [0.25, 0.3) is 5.91 Å². The quantitative estimate of drug-likeness (QED) is 0.591. The second kappa shape index (κ2) is 9.00. The van der Waals surface area contributed by atoms with Crippen molar-refractivity contribution in [1.29, 1.82) is 0 Å². The van der Waals surface area contributed by atoms with E-state index in [2.05, 4.69) is 15.3 Å². The second-order valence-electron chi connectivity index (χ2n) is 7.06. The highest BCUT2D eigenvalue weighted by molar-refractivity contribution is 5.99. The lowest BCUT2D eigenvalue weighted by molar-refractivity contribution is -0.134. The fourth-order valence-corrected chi connectivity index (χ4v) is 3.53. The van der Waals surface area contributed by atoms with Gasteiger partial charge >= 0.3 is 0 Å². The van der Waals surface area contributed by atoms with Gasteiger partial charge in [-0.1, -0.05) is 12.1 Å². The first-order valence-electron chi connectivity index (χ1n) is 9.89. The summed E-state index contributed by atoms with van der Waals surface area (Å²) < 4.78 is 10.9. The molecule has 162 valence electrons. The molecule has 1 aromatic carbocycles. The first-order chi connectivity index (χ1) is 15.1. The van der Waals surface area contributed by atoms with Crippen LogP contribution in [0, 0.1) is 0 Å². The molecule has 1 fully saturated rings. The van der Waals surface area contributed by atoms with Crippen molar-refractivity contribution in [3.63, 3.8) is 0 Å². The first kappa shape index (κ1) is 20.6. The minimum Gasteiger partial charge on any atom is -0.493 e. The topological polar surface area (TPSA) is 121 Å². The Labute approximate surface area is 178 Å². The number of carbonyl (C=O) groups is 2. The number of nitrogens with zero attached hydrogens (tertiary/aromatic N) is 4. The zero-order valence-electron chi connectivity index (χ0n) is 17.0. The molecule has 2 N–H and O–H groups in total. The Bertz CT molecular complexity index is 1060. The number of ether oxygens (including phenoxy) is 1. The molecule has 2 aromatic heterocycles. The maximum atomic E-state index is 12.9. The van der Waals surface area contributed by atoms with Gasteiger partial charge in [0.15, 0.2) is 17.1 Å². The number of para-hydroxylation sites is 1. The van der Waals surface area contributed by atoms with Crippen molar-refractivity contribution in [3.05, 3.63) is 48.5 Å². The van der Waals surface area contributed by atoms with E-state index in [-0.39, 0.29) is 11.7 Å². The number of carbonyl (C=O) groups excluding carboxylic acids is 2. The first-order valence-corrected chi connectivity index (χ1v) is 9.89. The molecule has 0 spiro atoms. The van der Waals surface area contributed by atoms with E-state index in [0.29, 0.717) is 48.8 Å². The molecule has 10 nitrogen and oxygen atoms in total. The number of fused-ring (bicyclic) bond motifs is 1. The number of aliphatic hydroxyl groups excluding tert-OH is 1. The lowest BCUT2D eigenvalue weighted by Crippen LogP contribution is -2.56. The average molecular weight is 425 g/mol. The average Bonchev–Trinajstić information content (AvgIpc) is 3.27. The summed E-state index contributed by atoms with van der Waals surface area (Å²) in [6.07, 6.45) is 3.34. The Balaban J connectivity index is 1.40. The summed E-state index contributed by atoms with van der Waals surface area (Å²) in [7, 11) is 1.52. The summed E-state index contributed by atoms with van der Waals surface area (Å²) in [5, 5.41) is 13.0. The molecule has 3 heterocycles. The van der Waals surface area contributed by atoms with Crippen molar-refractivity contribution in [3.8, 4) is 5.75 Å². The van der Waals surface area contributed by atoms with Gasteiger partial charge in [-0.3, -0.25) is 9.59 Å². The van der Waals surface area contributed by atoms with E-state index < -0.39 is 18.6 Å². The molecule has 0 saturated carbocycles. The molecule has 1 aliphatic heterocycles. The number of anilines is 1. The summed E-state index contributed by atoms with van der Waals surface area (Å²) >= 11 is 0. The minimum atomic E-state index is -1.07. The minimum absolute atomic E-state index is 0.0387. The maximum absolute atomic E-state index is 12.9. The Morgan fingerprint density at radius 2 is 1.94 bits per heavy atom. The van der Waals surface area contributed by atoms with Crippen molar-refractivity contribution >= 4 is 28.7 Å². The van der Waals surface area contributed by atoms with Crippen LogP contribution in [-0.4, -0.2) is 77.7 Å². The molecule has 3 aromatic rings. The van der Waals surface area contributed by atoms with Crippen LogP contribution in [0.2, 0.25) is 0 Å². The molecule has 10 heteroatoms. The molecule has 1 aliphatic rings.